The van der Waals surface area contributed by atoms with Crippen LogP contribution in [-0.4, -0.2) is 13.2 Å². The Balaban J connectivity index is 2.66. The molecule has 0 spiro atoms. The van der Waals surface area contributed by atoms with Crippen molar-refractivity contribution in [2.75, 3.05) is 13.2 Å². The zero-order valence-electron chi connectivity index (χ0n) is 13.1. The van der Waals surface area contributed by atoms with Crippen molar-refractivity contribution in [2.24, 2.45) is 0 Å². The number of fused-ring (bicyclic) bond motifs is 1. The molecule has 2 aromatic carbocycles. The van der Waals surface area contributed by atoms with Gasteiger partial charge >= 0.3 is 13.3 Å². The number of halogens is 3. The van der Waals surface area contributed by atoms with Crippen molar-refractivity contribution in [3.63, 3.8) is 0 Å². The van der Waals surface area contributed by atoms with E-state index in [1.807, 2.05) is 0 Å². The van der Waals surface area contributed by atoms with Crippen LogP contribution in [0.3, 0.4) is 0 Å². The quantitative estimate of drug-likeness (QED) is 0.399. The van der Waals surface area contributed by atoms with Crippen LogP contribution in [0.1, 0.15) is 19.4 Å². The van der Waals surface area contributed by atoms with E-state index in [0.29, 0.717) is 16.5 Å². The van der Waals surface area contributed by atoms with E-state index in [2.05, 4.69) is 20.8 Å². The highest BCUT2D eigenvalue weighted by Crippen LogP contribution is 2.67. The fourth-order valence-electron chi connectivity index (χ4n) is 2.24. The maximum absolute atomic E-state index is 14.9. The maximum atomic E-state index is 14.9. The van der Waals surface area contributed by atoms with Gasteiger partial charge in [0.05, 0.1) is 19.8 Å². The average Bonchev–Trinajstić information content (AvgIpc) is 2.54. The van der Waals surface area contributed by atoms with Gasteiger partial charge in [-0.05, 0) is 42.8 Å². The Morgan fingerprint density at radius 2 is 1.79 bits per heavy atom. The van der Waals surface area contributed by atoms with Crippen molar-refractivity contribution in [2.45, 2.75) is 19.5 Å². The Morgan fingerprint density at radius 3 is 2.33 bits per heavy atom. The second-order valence-corrected chi connectivity index (χ2v) is 7.78. The molecule has 0 fully saturated rings. The third-order valence-electron chi connectivity index (χ3n) is 3.30. The fourth-order valence-corrected chi connectivity index (χ4v) is 4.57. The van der Waals surface area contributed by atoms with Crippen molar-refractivity contribution in [1.82, 2.24) is 0 Å². The van der Waals surface area contributed by atoms with E-state index >= 15 is 0 Å². The highest BCUT2D eigenvalue weighted by atomic mass is 79.9. The molecule has 0 heterocycles. The van der Waals surface area contributed by atoms with Gasteiger partial charge in [0.15, 0.2) is 5.69 Å². The predicted octanol–water partition coefficient (Wildman–Crippen LogP) is 6.47. The summed E-state index contributed by atoms with van der Waals surface area (Å²) in [5, 5.41) is 1.12. The van der Waals surface area contributed by atoms with E-state index in [1.165, 1.54) is 32.0 Å². The van der Waals surface area contributed by atoms with E-state index in [1.54, 1.807) is 12.1 Å². The van der Waals surface area contributed by atoms with Crippen molar-refractivity contribution < 1.29 is 22.4 Å². The van der Waals surface area contributed by atoms with Crippen molar-refractivity contribution >= 4 is 40.0 Å². The molecule has 24 heavy (non-hydrogen) atoms. The molecule has 0 aliphatic carbocycles. The third-order valence-corrected chi connectivity index (χ3v) is 6.09. The molecule has 2 aromatic rings. The van der Waals surface area contributed by atoms with Crippen LogP contribution in [0.25, 0.3) is 15.6 Å². The monoisotopic (exact) mass is 417 g/mol. The SMILES string of the molecule is [C-]#[N+]c1ccc2cc(Br)c(C(F)(F)P(=O)(OCC)OCC)cc2c1. The summed E-state index contributed by atoms with van der Waals surface area (Å²) < 4.78 is 52.2. The lowest BCUT2D eigenvalue weighted by atomic mass is 10.1. The van der Waals surface area contributed by atoms with Gasteiger partial charge in [-0.15, -0.1) is 0 Å². The molecule has 0 aliphatic rings. The Morgan fingerprint density at radius 1 is 1.17 bits per heavy atom. The molecule has 2 rings (SSSR count). The Hall–Kier alpha value is -1.32. The lowest BCUT2D eigenvalue weighted by molar-refractivity contribution is 0.0356. The first-order valence-corrected chi connectivity index (χ1v) is 9.51. The van der Waals surface area contributed by atoms with Crippen LogP contribution in [0.15, 0.2) is 34.8 Å². The third kappa shape index (κ3) is 3.38. The van der Waals surface area contributed by atoms with Crippen LogP contribution in [0.4, 0.5) is 14.5 Å². The van der Waals surface area contributed by atoms with Crippen LogP contribution in [0.5, 0.6) is 0 Å². The lowest BCUT2D eigenvalue weighted by Crippen LogP contribution is -2.19. The summed E-state index contributed by atoms with van der Waals surface area (Å²) in [5.41, 5.74) is -4.00. The number of benzene rings is 2. The lowest BCUT2D eigenvalue weighted by Gasteiger charge is -2.27. The Labute approximate surface area is 147 Å². The van der Waals surface area contributed by atoms with E-state index in [0.717, 1.165) is 0 Å². The number of rotatable bonds is 6. The molecule has 128 valence electrons. The van der Waals surface area contributed by atoms with Crippen LogP contribution in [0.2, 0.25) is 0 Å². The smallest absolute Gasteiger partial charge is 0.304 e. The first-order valence-electron chi connectivity index (χ1n) is 7.17. The van der Waals surface area contributed by atoms with Gasteiger partial charge in [-0.3, -0.25) is 4.57 Å². The molecule has 0 aromatic heterocycles. The molecule has 0 bridgehead atoms. The number of alkyl halides is 2. The standard InChI is InChI=1S/C16H15BrF2NO3P/c1-4-22-24(21,23-5-2)16(18,19)14-9-12-8-13(20-3)7-6-11(12)10-15(14)17/h6-10H,4-5H2,1-2H3. The summed E-state index contributed by atoms with van der Waals surface area (Å²) in [6.45, 7) is 9.64. The van der Waals surface area contributed by atoms with E-state index < -0.39 is 18.8 Å². The van der Waals surface area contributed by atoms with E-state index in [-0.39, 0.29) is 17.7 Å². The minimum Gasteiger partial charge on any atom is -0.304 e. The molecule has 0 saturated heterocycles. The highest BCUT2D eigenvalue weighted by Gasteiger charge is 2.55. The highest BCUT2D eigenvalue weighted by molar-refractivity contribution is 9.10. The molecule has 0 saturated carbocycles. The topological polar surface area (TPSA) is 39.9 Å². The van der Waals surface area contributed by atoms with Gasteiger partial charge in [-0.25, -0.2) is 4.85 Å². The van der Waals surface area contributed by atoms with Gasteiger partial charge in [0, 0.05) is 10.0 Å². The fraction of sp³-hybridized carbons (Fsp3) is 0.312. The van der Waals surface area contributed by atoms with Gasteiger partial charge in [-0.1, -0.05) is 28.1 Å². The molecule has 8 heteroatoms. The number of nitrogens with zero attached hydrogens (tertiary/aromatic N) is 1. The molecule has 0 amide bonds. The second kappa shape index (κ2) is 7.28. The summed E-state index contributed by atoms with van der Waals surface area (Å²) in [5.74, 6) is 0. The summed E-state index contributed by atoms with van der Waals surface area (Å²) in [6, 6.07) is 7.47. The molecular formula is C16H15BrF2NO3P. The summed E-state index contributed by atoms with van der Waals surface area (Å²) in [4.78, 5) is 3.29. The second-order valence-electron chi connectivity index (χ2n) is 4.85. The molecule has 0 aliphatic heterocycles. The van der Waals surface area contributed by atoms with Crippen LogP contribution in [-0.2, 0) is 19.3 Å². The normalized spacial score (nSPS) is 12.3. The van der Waals surface area contributed by atoms with Crippen LogP contribution >= 0.6 is 23.5 Å². The first kappa shape index (κ1) is 19.0. The number of hydrogen-bond donors (Lipinski definition) is 0. The Bertz CT molecular complexity index is 841. The van der Waals surface area contributed by atoms with E-state index in [4.69, 9.17) is 15.6 Å². The largest absolute Gasteiger partial charge is 0.404 e. The van der Waals surface area contributed by atoms with Crippen molar-refractivity contribution in [1.29, 1.82) is 0 Å². The summed E-state index contributed by atoms with van der Waals surface area (Å²) in [7, 11) is -4.69. The summed E-state index contributed by atoms with van der Waals surface area (Å²) >= 11 is 3.11. The van der Waals surface area contributed by atoms with Crippen LogP contribution in [0, 0.1) is 6.57 Å². The molecule has 0 unspecified atom stereocenters. The minimum atomic E-state index is -4.69. The molecule has 0 atom stereocenters. The minimum absolute atomic E-state index is 0.0928. The predicted molar refractivity (Wildman–Crippen MR) is 92.7 cm³/mol. The van der Waals surface area contributed by atoms with Gasteiger partial charge in [0.2, 0.25) is 0 Å². The molecular weight excluding hydrogens is 403 g/mol. The van der Waals surface area contributed by atoms with Gasteiger partial charge < -0.3 is 9.05 Å². The first-order chi connectivity index (χ1) is 11.3. The van der Waals surface area contributed by atoms with Gasteiger partial charge in [0.25, 0.3) is 0 Å². The van der Waals surface area contributed by atoms with Crippen molar-refractivity contribution in [3.8, 4) is 0 Å². The number of hydrogen-bond acceptors (Lipinski definition) is 3. The average molecular weight is 418 g/mol. The van der Waals surface area contributed by atoms with Crippen molar-refractivity contribution in [3.05, 3.63) is 51.8 Å². The van der Waals surface area contributed by atoms with Gasteiger partial charge in [-0.2, -0.15) is 8.78 Å². The summed E-state index contributed by atoms with van der Waals surface area (Å²) in [6.07, 6.45) is 0. The maximum Gasteiger partial charge on any atom is 0.404 e. The zero-order chi connectivity index (χ0) is 18.0. The van der Waals surface area contributed by atoms with Crippen LogP contribution < -0.4 is 0 Å². The Kier molecular flexibility index (Phi) is 5.77. The molecule has 0 radical (unpaired) electrons. The molecule has 4 nitrogen and oxygen atoms in total. The van der Waals surface area contributed by atoms with Gasteiger partial charge in [0.1, 0.15) is 0 Å². The zero-order valence-corrected chi connectivity index (χ0v) is 15.5. The molecule has 0 N–H and O–H groups in total. The van der Waals surface area contributed by atoms with E-state index in [9.17, 15) is 13.3 Å².